The molecule has 0 heterocycles. The molecule has 2 heteroatoms. The second-order valence-electron chi connectivity index (χ2n) is 3.96. The molecule has 0 amide bonds. The molecule has 0 bridgehead atoms. The van der Waals surface area contributed by atoms with Gasteiger partial charge in [0.15, 0.2) is 0 Å². The summed E-state index contributed by atoms with van der Waals surface area (Å²) >= 11 is 0. The van der Waals surface area contributed by atoms with Gasteiger partial charge in [0.25, 0.3) is 0 Å². The predicted octanol–water partition coefficient (Wildman–Crippen LogP) is 3.48. The minimum absolute atomic E-state index is 0.127. The Balaban J connectivity index is 4.41. The monoisotopic (exact) mass is 202 g/mol. The van der Waals surface area contributed by atoms with Gasteiger partial charge in [-0.05, 0) is 12.8 Å². The Hall–Kier alpha value is -0.370. The van der Waals surface area contributed by atoms with Crippen LogP contribution < -0.4 is 0 Å². The van der Waals surface area contributed by atoms with Crippen molar-refractivity contribution < 1.29 is 9.50 Å². The van der Waals surface area contributed by atoms with E-state index in [4.69, 9.17) is 0 Å². The molecule has 0 aliphatic heterocycles. The molecular weight excluding hydrogens is 179 g/mol. The Bertz CT molecular complexity index is 158. The lowest BCUT2D eigenvalue weighted by Crippen LogP contribution is -2.34. The molecule has 1 nitrogen and oxygen atoms in total. The van der Waals surface area contributed by atoms with Gasteiger partial charge < -0.3 is 5.11 Å². The molecule has 0 spiro atoms. The first kappa shape index (κ1) is 13.6. The Labute approximate surface area is 87.0 Å². The summed E-state index contributed by atoms with van der Waals surface area (Å²) in [5.41, 5.74) is -0.702. The standard InChI is InChI=1S/C12H23FO/c1-4-7-9-12(6-3,10-14)11(13)8-5-2/h6,11,14H,3-5,7-10H2,1-2H3. The molecule has 2 atom stereocenters. The molecule has 14 heavy (non-hydrogen) atoms. The van der Waals surface area contributed by atoms with Crippen LogP contribution in [0.2, 0.25) is 0 Å². The van der Waals surface area contributed by atoms with E-state index in [2.05, 4.69) is 13.5 Å². The van der Waals surface area contributed by atoms with Crippen molar-refractivity contribution in [2.45, 2.75) is 52.1 Å². The van der Waals surface area contributed by atoms with Gasteiger partial charge in [-0.25, -0.2) is 4.39 Å². The number of hydrogen-bond donors (Lipinski definition) is 1. The van der Waals surface area contributed by atoms with Gasteiger partial charge >= 0.3 is 0 Å². The largest absolute Gasteiger partial charge is 0.395 e. The first-order chi connectivity index (χ1) is 6.66. The van der Waals surface area contributed by atoms with Crippen LogP contribution in [0.3, 0.4) is 0 Å². The highest BCUT2D eigenvalue weighted by molar-refractivity contribution is 4.99. The van der Waals surface area contributed by atoms with E-state index < -0.39 is 11.6 Å². The Morgan fingerprint density at radius 2 is 2.07 bits per heavy atom. The van der Waals surface area contributed by atoms with Crippen molar-refractivity contribution in [3.63, 3.8) is 0 Å². The number of alkyl halides is 1. The van der Waals surface area contributed by atoms with Crippen LogP contribution in [-0.4, -0.2) is 17.9 Å². The van der Waals surface area contributed by atoms with Gasteiger partial charge in [-0.3, -0.25) is 0 Å². The highest BCUT2D eigenvalue weighted by atomic mass is 19.1. The zero-order valence-corrected chi connectivity index (χ0v) is 9.43. The third-order valence-electron chi connectivity index (χ3n) is 2.86. The maximum atomic E-state index is 13.8. The van der Waals surface area contributed by atoms with Gasteiger partial charge in [-0.2, -0.15) is 0 Å². The van der Waals surface area contributed by atoms with Crippen molar-refractivity contribution >= 4 is 0 Å². The lowest BCUT2D eigenvalue weighted by molar-refractivity contribution is 0.0611. The van der Waals surface area contributed by atoms with Crippen LogP contribution in [0, 0.1) is 5.41 Å². The maximum absolute atomic E-state index is 13.8. The number of unbranched alkanes of at least 4 members (excludes halogenated alkanes) is 1. The summed E-state index contributed by atoms with van der Waals surface area (Å²) in [6.07, 6.45) is 4.62. The second-order valence-corrected chi connectivity index (χ2v) is 3.96. The van der Waals surface area contributed by atoms with Gasteiger partial charge in [0.2, 0.25) is 0 Å². The second kappa shape index (κ2) is 6.99. The summed E-state index contributed by atoms with van der Waals surface area (Å²) in [4.78, 5) is 0. The van der Waals surface area contributed by atoms with Gasteiger partial charge in [-0.1, -0.05) is 39.2 Å². The molecule has 2 unspecified atom stereocenters. The Kier molecular flexibility index (Phi) is 6.81. The van der Waals surface area contributed by atoms with Crippen LogP contribution >= 0.6 is 0 Å². The van der Waals surface area contributed by atoms with Crippen molar-refractivity contribution in [1.29, 1.82) is 0 Å². The van der Waals surface area contributed by atoms with E-state index >= 15 is 0 Å². The average Bonchev–Trinajstić information content (AvgIpc) is 2.21. The lowest BCUT2D eigenvalue weighted by Gasteiger charge is -2.31. The number of aliphatic hydroxyl groups is 1. The van der Waals surface area contributed by atoms with Gasteiger partial charge in [0.1, 0.15) is 6.17 Å². The van der Waals surface area contributed by atoms with Crippen molar-refractivity contribution in [1.82, 2.24) is 0 Å². The molecule has 84 valence electrons. The molecule has 0 fully saturated rings. The minimum atomic E-state index is -0.957. The molecule has 0 aliphatic rings. The van der Waals surface area contributed by atoms with Crippen LogP contribution in [0.15, 0.2) is 12.7 Å². The first-order valence-corrected chi connectivity index (χ1v) is 5.55. The highest BCUT2D eigenvalue weighted by Gasteiger charge is 2.34. The fraction of sp³-hybridized carbons (Fsp3) is 0.833. The molecule has 1 N–H and O–H groups in total. The van der Waals surface area contributed by atoms with Crippen LogP contribution in [0.25, 0.3) is 0 Å². The Morgan fingerprint density at radius 3 is 2.43 bits per heavy atom. The predicted molar refractivity (Wildman–Crippen MR) is 59.0 cm³/mol. The topological polar surface area (TPSA) is 20.2 Å². The van der Waals surface area contributed by atoms with Gasteiger partial charge in [0.05, 0.1) is 6.61 Å². The number of halogens is 1. The molecule has 0 aliphatic carbocycles. The van der Waals surface area contributed by atoms with E-state index in [1.165, 1.54) is 0 Å². The molecule has 0 aromatic carbocycles. The Morgan fingerprint density at radius 1 is 1.43 bits per heavy atom. The van der Waals surface area contributed by atoms with Crippen molar-refractivity contribution in [2.24, 2.45) is 5.41 Å². The summed E-state index contributed by atoms with van der Waals surface area (Å²) in [6.45, 7) is 7.56. The van der Waals surface area contributed by atoms with Crippen LogP contribution in [0.5, 0.6) is 0 Å². The zero-order chi connectivity index (χ0) is 11.0. The summed E-state index contributed by atoms with van der Waals surface area (Å²) in [7, 11) is 0. The van der Waals surface area contributed by atoms with Crippen LogP contribution in [0.4, 0.5) is 4.39 Å². The zero-order valence-electron chi connectivity index (χ0n) is 9.43. The smallest absolute Gasteiger partial charge is 0.111 e. The van der Waals surface area contributed by atoms with Gasteiger partial charge in [-0.15, -0.1) is 6.58 Å². The van der Waals surface area contributed by atoms with Crippen LogP contribution in [-0.2, 0) is 0 Å². The lowest BCUT2D eigenvalue weighted by atomic mass is 9.77. The minimum Gasteiger partial charge on any atom is -0.395 e. The van der Waals surface area contributed by atoms with E-state index in [1.807, 2.05) is 6.92 Å². The fourth-order valence-electron chi connectivity index (χ4n) is 1.68. The quantitative estimate of drug-likeness (QED) is 0.597. The molecule has 0 saturated carbocycles. The molecule has 0 rings (SSSR count). The fourth-order valence-corrected chi connectivity index (χ4v) is 1.68. The number of hydrogen-bond acceptors (Lipinski definition) is 1. The van der Waals surface area contributed by atoms with Crippen molar-refractivity contribution in [3.05, 3.63) is 12.7 Å². The number of aliphatic hydroxyl groups excluding tert-OH is 1. The summed E-state index contributed by atoms with van der Waals surface area (Å²) in [6, 6.07) is 0. The van der Waals surface area contributed by atoms with E-state index in [9.17, 15) is 9.50 Å². The molecule has 0 saturated heterocycles. The summed E-state index contributed by atoms with van der Waals surface area (Å²) < 4.78 is 13.8. The SMILES string of the molecule is C=CC(CO)(CCCC)C(F)CCC. The van der Waals surface area contributed by atoms with Crippen LogP contribution in [0.1, 0.15) is 46.0 Å². The van der Waals surface area contributed by atoms with E-state index in [0.29, 0.717) is 12.8 Å². The summed E-state index contributed by atoms with van der Waals surface area (Å²) in [5.74, 6) is 0. The third-order valence-corrected chi connectivity index (χ3v) is 2.86. The number of rotatable bonds is 8. The van der Waals surface area contributed by atoms with Crippen molar-refractivity contribution in [2.75, 3.05) is 6.61 Å². The van der Waals surface area contributed by atoms with E-state index in [-0.39, 0.29) is 6.61 Å². The molecule has 0 aromatic heterocycles. The van der Waals surface area contributed by atoms with Crippen molar-refractivity contribution in [3.8, 4) is 0 Å². The summed E-state index contributed by atoms with van der Waals surface area (Å²) in [5, 5.41) is 9.29. The average molecular weight is 202 g/mol. The normalized spacial score (nSPS) is 17.4. The molecular formula is C12H23FO. The first-order valence-electron chi connectivity index (χ1n) is 5.55. The molecule has 0 radical (unpaired) electrons. The molecule has 0 aromatic rings. The van der Waals surface area contributed by atoms with Gasteiger partial charge in [0, 0.05) is 5.41 Å². The highest BCUT2D eigenvalue weighted by Crippen LogP contribution is 2.34. The van der Waals surface area contributed by atoms with E-state index in [1.54, 1.807) is 6.08 Å². The van der Waals surface area contributed by atoms with E-state index in [0.717, 1.165) is 19.3 Å². The maximum Gasteiger partial charge on any atom is 0.111 e. The third kappa shape index (κ3) is 3.41.